The number of anilines is 1. The lowest BCUT2D eigenvalue weighted by Crippen LogP contribution is -2.29. The number of amides is 1. The number of benzene rings is 1. The molecule has 1 fully saturated rings. The summed E-state index contributed by atoms with van der Waals surface area (Å²) in [6.07, 6.45) is 1.15. The van der Waals surface area contributed by atoms with E-state index in [1.165, 1.54) is 4.31 Å². The van der Waals surface area contributed by atoms with E-state index in [1.807, 2.05) is 0 Å². The smallest absolute Gasteiger partial charge is 0.306 e. The molecular formula is C16H22N2O5S. The number of hydrogen-bond acceptors (Lipinski definition) is 4. The number of hydrogen-bond donors (Lipinski definition) is 2. The first-order valence-corrected chi connectivity index (χ1v) is 9.48. The zero-order valence-corrected chi connectivity index (χ0v) is 14.4. The van der Waals surface area contributed by atoms with E-state index < -0.39 is 21.9 Å². The van der Waals surface area contributed by atoms with Crippen LogP contribution in [0.25, 0.3) is 0 Å². The number of carboxylic acids is 1. The van der Waals surface area contributed by atoms with Gasteiger partial charge in [0.25, 0.3) is 0 Å². The van der Waals surface area contributed by atoms with Crippen LogP contribution in [0.15, 0.2) is 24.3 Å². The van der Waals surface area contributed by atoms with Gasteiger partial charge in [0, 0.05) is 25.2 Å². The summed E-state index contributed by atoms with van der Waals surface area (Å²) in [6, 6.07) is 6.99. The predicted octanol–water partition coefficient (Wildman–Crippen LogP) is 1.31. The van der Waals surface area contributed by atoms with E-state index >= 15 is 0 Å². The maximum Gasteiger partial charge on any atom is 0.306 e. The normalized spacial score (nSPS) is 18.2. The third kappa shape index (κ3) is 5.04. The van der Waals surface area contributed by atoms with E-state index in [1.54, 1.807) is 31.2 Å². The zero-order valence-electron chi connectivity index (χ0n) is 13.6. The van der Waals surface area contributed by atoms with Crippen molar-refractivity contribution in [1.82, 2.24) is 4.31 Å². The minimum atomic E-state index is -3.17. The molecule has 0 saturated carbocycles. The quantitative estimate of drug-likeness (QED) is 0.768. The molecule has 1 aromatic carbocycles. The van der Waals surface area contributed by atoms with Crippen molar-refractivity contribution in [2.45, 2.75) is 26.2 Å². The summed E-state index contributed by atoms with van der Waals surface area (Å²) in [5.41, 5.74) is 1.49. The minimum absolute atomic E-state index is 0.108. The Hall–Kier alpha value is -1.93. The fraction of sp³-hybridized carbons (Fsp3) is 0.500. The summed E-state index contributed by atoms with van der Waals surface area (Å²) < 4.78 is 24.7. The summed E-state index contributed by atoms with van der Waals surface area (Å²) in [5.74, 6) is -1.40. The summed E-state index contributed by atoms with van der Waals surface area (Å²) in [4.78, 5) is 22.8. The van der Waals surface area contributed by atoms with Gasteiger partial charge in [-0.2, -0.15) is 0 Å². The van der Waals surface area contributed by atoms with Crippen LogP contribution >= 0.6 is 0 Å². The molecule has 1 aliphatic rings. The fourth-order valence-electron chi connectivity index (χ4n) is 2.56. The Kier molecular flexibility index (Phi) is 5.95. The summed E-state index contributed by atoms with van der Waals surface area (Å²) in [5, 5.41) is 11.6. The van der Waals surface area contributed by atoms with E-state index in [0.29, 0.717) is 25.1 Å². The third-order valence-electron chi connectivity index (χ3n) is 3.99. The van der Waals surface area contributed by atoms with Crippen LogP contribution in [0.3, 0.4) is 0 Å². The molecule has 0 aliphatic carbocycles. The highest BCUT2D eigenvalue weighted by atomic mass is 32.2. The predicted molar refractivity (Wildman–Crippen MR) is 90.2 cm³/mol. The van der Waals surface area contributed by atoms with Gasteiger partial charge in [-0.05, 0) is 30.5 Å². The van der Waals surface area contributed by atoms with Gasteiger partial charge in [-0.1, -0.05) is 19.1 Å². The van der Waals surface area contributed by atoms with Crippen molar-refractivity contribution in [3.8, 4) is 0 Å². The van der Waals surface area contributed by atoms with Crippen molar-refractivity contribution in [2.75, 3.05) is 24.2 Å². The van der Waals surface area contributed by atoms with Gasteiger partial charge >= 0.3 is 5.97 Å². The topological polar surface area (TPSA) is 104 Å². The molecule has 7 nitrogen and oxygen atoms in total. The van der Waals surface area contributed by atoms with Gasteiger partial charge in [-0.25, -0.2) is 12.7 Å². The molecule has 1 saturated heterocycles. The number of carbonyl (C=O) groups is 2. The number of sulfonamides is 1. The second-order valence-corrected chi connectivity index (χ2v) is 8.10. The van der Waals surface area contributed by atoms with Gasteiger partial charge in [0.1, 0.15) is 0 Å². The van der Waals surface area contributed by atoms with Crippen LogP contribution in [0.1, 0.15) is 25.3 Å². The SMILES string of the molecule is CC(Cc1ccc(NC(=O)CCN2CCCS2(=O)=O)cc1)C(=O)O. The average molecular weight is 354 g/mol. The first-order valence-electron chi connectivity index (χ1n) is 7.87. The molecule has 8 heteroatoms. The Morgan fingerprint density at radius 3 is 2.50 bits per heavy atom. The molecule has 1 heterocycles. The van der Waals surface area contributed by atoms with Crippen LogP contribution in [0.5, 0.6) is 0 Å². The molecule has 0 bridgehead atoms. The average Bonchev–Trinajstić information content (AvgIpc) is 2.85. The van der Waals surface area contributed by atoms with Crippen LogP contribution in [0, 0.1) is 5.92 Å². The number of nitrogens with zero attached hydrogens (tertiary/aromatic N) is 1. The molecule has 0 radical (unpaired) electrons. The van der Waals surface area contributed by atoms with E-state index in [2.05, 4.69) is 5.32 Å². The van der Waals surface area contributed by atoms with Gasteiger partial charge in [-0.3, -0.25) is 9.59 Å². The number of carbonyl (C=O) groups excluding carboxylic acids is 1. The van der Waals surface area contributed by atoms with Crippen LogP contribution in [-0.2, 0) is 26.0 Å². The second kappa shape index (κ2) is 7.76. The van der Waals surface area contributed by atoms with Gasteiger partial charge in [0.2, 0.25) is 15.9 Å². The van der Waals surface area contributed by atoms with Crippen molar-refractivity contribution in [3.05, 3.63) is 29.8 Å². The third-order valence-corrected chi connectivity index (χ3v) is 5.95. The number of rotatable bonds is 7. The number of aliphatic carboxylic acids is 1. The molecule has 1 unspecified atom stereocenters. The zero-order chi connectivity index (χ0) is 17.7. The Balaban J connectivity index is 1.82. The molecule has 24 heavy (non-hydrogen) atoms. The first-order chi connectivity index (χ1) is 11.3. The Labute approximate surface area is 141 Å². The number of nitrogens with one attached hydrogen (secondary N) is 1. The standard InChI is InChI=1S/C16H22N2O5S/c1-12(16(20)21)11-13-3-5-14(6-4-13)17-15(19)7-9-18-8-2-10-24(18,22)23/h3-6,12H,2,7-11H2,1H3,(H,17,19)(H,20,21). The van der Waals surface area contributed by atoms with Crippen molar-refractivity contribution < 1.29 is 23.1 Å². The molecule has 1 amide bonds. The van der Waals surface area contributed by atoms with E-state index in [4.69, 9.17) is 5.11 Å². The van der Waals surface area contributed by atoms with Crippen molar-refractivity contribution in [2.24, 2.45) is 5.92 Å². The molecule has 1 aromatic rings. The maximum atomic E-state index is 11.9. The highest BCUT2D eigenvalue weighted by molar-refractivity contribution is 7.89. The Morgan fingerprint density at radius 1 is 1.29 bits per heavy atom. The highest BCUT2D eigenvalue weighted by Crippen LogP contribution is 2.15. The summed E-state index contributed by atoms with van der Waals surface area (Å²) >= 11 is 0. The highest BCUT2D eigenvalue weighted by Gasteiger charge is 2.28. The monoisotopic (exact) mass is 354 g/mol. The summed E-state index contributed by atoms with van der Waals surface area (Å²) in [7, 11) is -3.17. The second-order valence-electron chi connectivity index (χ2n) is 6.01. The fourth-order valence-corrected chi connectivity index (χ4v) is 4.09. The Morgan fingerprint density at radius 2 is 1.96 bits per heavy atom. The lowest BCUT2D eigenvalue weighted by molar-refractivity contribution is -0.141. The van der Waals surface area contributed by atoms with Gasteiger partial charge in [0.05, 0.1) is 11.7 Å². The van der Waals surface area contributed by atoms with Crippen LogP contribution in [-0.4, -0.2) is 48.5 Å². The largest absolute Gasteiger partial charge is 0.481 e. The molecular weight excluding hydrogens is 332 g/mol. The van der Waals surface area contributed by atoms with E-state index in [0.717, 1.165) is 5.56 Å². The lowest BCUT2D eigenvalue weighted by Gasteiger charge is -2.14. The van der Waals surface area contributed by atoms with Crippen LogP contribution in [0.4, 0.5) is 5.69 Å². The maximum absolute atomic E-state index is 11.9. The van der Waals surface area contributed by atoms with Crippen LogP contribution in [0.2, 0.25) is 0 Å². The Bertz CT molecular complexity index is 700. The van der Waals surface area contributed by atoms with E-state index in [-0.39, 0.29) is 24.6 Å². The van der Waals surface area contributed by atoms with Crippen LogP contribution < -0.4 is 5.32 Å². The molecule has 0 spiro atoms. The lowest BCUT2D eigenvalue weighted by atomic mass is 10.0. The van der Waals surface area contributed by atoms with Crippen molar-refractivity contribution in [1.29, 1.82) is 0 Å². The molecule has 2 N–H and O–H groups in total. The van der Waals surface area contributed by atoms with Crippen molar-refractivity contribution >= 4 is 27.6 Å². The molecule has 1 aliphatic heterocycles. The minimum Gasteiger partial charge on any atom is -0.481 e. The first kappa shape index (κ1) is 18.4. The summed E-state index contributed by atoms with van der Waals surface area (Å²) in [6.45, 7) is 2.32. The molecule has 0 aromatic heterocycles. The molecule has 1 atom stereocenters. The van der Waals surface area contributed by atoms with E-state index in [9.17, 15) is 18.0 Å². The van der Waals surface area contributed by atoms with Crippen molar-refractivity contribution in [3.63, 3.8) is 0 Å². The van der Waals surface area contributed by atoms with Gasteiger partial charge < -0.3 is 10.4 Å². The molecule has 2 rings (SSSR count). The van der Waals surface area contributed by atoms with Gasteiger partial charge in [0.15, 0.2) is 0 Å². The van der Waals surface area contributed by atoms with Gasteiger partial charge in [-0.15, -0.1) is 0 Å². The molecule has 132 valence electrons. The number of carboxylic acid groups (broad SMARTS) is 1.